The molecular formula is C19H22N4O5S. The second kappa shape index (κ2) is 9.01. The fraction of sp³-hybridized carbons (Fsp3) is 0.316. The van der Waals surface area contributed by atoms with E-state index in [0.29, 0.717) is 24.5 Å². The monoisotopic (exact) mass is 418 g/mol. The predicted molar refractivity (Wildman–Crippen MR) is 109 cm³/mol. The van der Waals surface area contributed by atoms with E-state index in [1.807, 2.05) is 0 Å². The van der Waals surface area contributed by atoms with Gasteiger partial charge in [0.25, 0.3) is 5.69 Å². The van der Waals surface area contributed by atoms with Crippen LogP contribution in [-0.4, -0.2) is 43.2 Å². The normalized spacial score (nSPS) is 14.9. The summed E-state index contributed by atoms with van der Waals surface area (Å²) in [6.45, 7) is 0.972. The standard InChI is InChI=1S/C19H22N4O5S/c24-19(21-15-7-9-17(10-8-15)23(25)26)14-20-16-5-4-6-18(13-16)29(27,28)22-11-2-1-3-12-22/h4-10,13,20H,1-3,11-12,14H2,(H,21,24). The summed E-state index contributed by atoms with van der Waals surface area (Å²) in [4.78, 5) is 22.4. The first kappa shape index (κ1) is 20.7. The molecule has 0 aromatic heterocycles. The van der Waals surface area contributed by atoms with Crippen LogP contribution >= 0.6 is 0 Å². The summed E-state index contributed by atoms with van der Waals surface area (Å²) in [5.74, 6) is -0.358. The maximum Gasteiger partial charge on any atom is 0.269 e. The molecule has 9 nitrogen and oxygen atoms in total. The third kappa shape index (κ3) is 5.30. The van der Waals surface area contributed by atoms with Gasteiger partial charge in [-0.25, -0.2) is 8.42 Å². The molecule has 0 spiro atoms. The van der Waals surface area contributed by atoms with E-state index in [9.17, 15) is 23.3 Å². The van der Waals surface area contributed by atoms with Gasteiger partial charge in [-0.05, 0) is 43.2 Å². The Hall–Kier alpha value is -2.98. The smallest absolute Gasteiger partial charge is 0.269 e. The minimum atomic E-state index is -3.55. The Bertz CT molecular complexity index is 986. The first-order valence-electron chi connectivity index (χ1n) is 9.25. The number of nitro groups is 1. The topological polar surface area (TPSA) is 122 Å². The van der Waals surface area contributed by atoms with Gasteiger partial charge in [0.15, 0.2) is 0 Å². The average Bonchev–Trinajstić information content (AvgIpc) is 2.73. The van der Waals surface area contributed by atoms with Gasteiger partial charge in [-0.3, -0.25) is 14.9 Å². The molecule has 29 heavy (non-hydrogen) atoms. The molecule has 0 radical (unpaired) electrons. The van der Waals surface area contributed by atoms with E-state index in [-0.39, 0.29) is 23.0 Å². The molecule has 2 aromatic carbocycles. The molecule has 1 aliphatic rings. The van der Waals surface area contributed by atoms with Gasteiger partial charge >= 0.3 is 0 Å². The maximum atomic E-state index is 12.8. The van der Waals surface area contributed by atoms with Gasteiger partial charge in [-0.2, -0.15) is 4.31 Å². The van der Waals surface area contributed by atoms with Crippen molar-refractivity contribution in [2.75, 3.05) is 30.3 Å². The highest BCUT2D eigenvalue weighted by atomic mass is 32.2. The van der Waals surface area contributed by atoms with Gasteiger partial charge in [0.2, 0.25) is 15.9 Å². The number of piperidine rings is 1. The molecule has 1 saturated heterocycles. The summed E-state index contributed by atoms with van der Waals surface area (Å²) in [5.41, 5.74) is 0.888. The van der Waals surface area contributed by atoms with Gasteiger partial charge in [0, 0.05) is 36.6 Å². The van der Waals surface area contributed by atoms with Crippen LogP contribution in [0.1, 0.15) is 19.3 Å². The molecule has 1 fully saturated rings. The summed E-state index contributed by atoms with van der Waals surface area (Å²) in [6, 6.07) is 11.9. The Kier molecular flexibility index (Phi) is 6.45. The molecule has 0 bridgehead atoms. The van der Waals surface area contributed by atoms with Gasteiger partial charge < -0.3 is 10.6 Å². The number of carbonyl (C=O) groups is 1. The highest BCUT2D eigenvalue weighted by Crippen LogP contribution is 2.23. The molecule has 1 heterocycles. The second-order valence-corrected chi connectivity index (χ2v) is 8.64. The van der Waals surface area contributed by atoms with Crippen LogP contribution in [0.3, 0.4) is 0 Å². The molecular weight excluding hydrogens is 396 g/mol. The van der Waals surface area contributed by atoms with Crippen LogP contribution < -0.4 is 10.6 Å². The SMILES string of the molecule is O=C(CNc1cccc(S(=O)(=O)N2CCCCC2)c1)Nc1ccc([N+](=O)[O-])cc1. The summed E-state index contributed by atoms with van der Waals surface area (Å²) < 4.78 is 27.0. The van der Waals surface area contributed by atoms with Crippen molar-refractivity contribution in [1.82, 2.24) is 4.31 Å². The zero-order chi connectivity index (χ0) is 20.9. The van der Waals surface area contributed by atoms with Gasteiger partial charge in [0.1, 0.15) is 0 Å². The summed E-state index contributed by atoms with van der Waals surface area (Å²) in [7, 11) is -3.55. The lowest BCUT2D eigenvalue weighted by Crippen LogP contribution is -2.35. The van der Waals surface area contributed by atoms with Gasteiger partial charge in [-0.1, -0.05) is 12.5 Å². The predicted octanol–water partition coefficient (Wildman–Crippen LogP) is 2.82. The van der Waals surface area contributed by atoms with E-state index in [1.165, 1.54) is 34.6 Å². The van der Waals surface area contributed by atoms with Crippen LogP contribution in [0.4, 0.5) is 17.1 Å². The summed E-state index contributed by atoms with van der Waals surface area (Å²) >= 11 is 0. The minimum Gasteiger partial charge on any atom is -0.376 e. The summed E-state index contributed by atoms with van der Waals surface area (Å²) in [5, 5.41) is 16.2. The highest BCUT2D eigenvalue weighted by Gasteiger charge is 2.25. The molecule has 1 amide bonds. The van der Waals surface area contributed by atoms with Crippen LogP contribution in [0.5, 0.6) is 0 Å². The molecule has 0 saturated carbocycles. The first-order chi connectivity index (χ1) is 13.9. The number of sulfonamides is 1. The van der Waals surface area contributed by atoms with Crippen LogP contribution in [-0.2, 0) is 14.8 Å². The van der Waals surface area contributed by atoms with Crippen LogP contribution in [0.25, 0.3) is 0 Å². The second-order valence-electron chi connectivity index (χ2n) is 6.70. The zero-order valence-corrected chi connectivity index (χ0v) is 16.5. The van der Waals surface area contributed by atoms with E-state index >= 15 is 0 Å². The fourth-order valence-electron chi connectivity index (χ4n) is 3.07. The van der Waals surface area contributed by atoms with Gasteiger partial charge in [0.05, 0.1) is 16.4 Å². The molecule has 0 atom stereocenters. The van der Waals surface area contributed by atoms with Crippen molar-refractivity contribution in [3.05, 3.63) is 58.6 Å². The van der Waals surface area contributed by atoms with Crippen molar-refractivity contribution in [1.29, 1.82) is 0 Å². The molecule has 2 N–H and O–H groups in total. The Balaban J connectivity index is 1.60. The quantitative estimate of drug-likeness (QED) is 0.527. The number of carbonyl (C=O) groups excluding carboxylic acids is 1. The Labute approximate surface area is 168 Å². The molecule has 10 heteroatoms. The Morgan fingerprint density at radius 3 is 2.38 bits per heavy atom. The number of rotatable bonds is 7. The van der Waals surface area contributed by atoms with Crippen molar-refractivity contribution in [3.63, 3.8) is 0 Å². The molecule has 1 aliphatic heterocycles. The number of benzene rings is 2. The zero-order valence-electron chi connectivity index (χ0n) is 15.7. The van der Waals surface area contributed by atoms with Crippen LogP contribution in [0.15, 0.2) is 53.4 Å². The van der Waals surface area contributed by atoms with E-state index in [1.54, 1.807) is 18.2 Å². The van der Waals surface area contributed by atoms with Crippen molar-refractivity contribution in [2.24, 2.45) is 0 Å². The number of nitrogens with zero attached hydrogens (tertiary/aromatic N) is 2. The number of nitrogens with one attached hydrogen (secondary N) is 2. The molecule has 2 aromatic rings. The number of nitro benzene ring substituents is 1. The van der Waals surface area contributed by atoms with E-state index in [4.69, 9.17) is 0 Å². The highest BCUT2D eigenvalue weighted by molar-refractivity contribution is 7.89. The lowest BCUT2D eigenvalue weighted by atomic mass is 10.2. The first-order valence-corrected chi connectivity index (χ1v) is 10.7. The molecule has 3 rings (SSSR count). The number of hydrogen-bond donors (Lipinski definition) is 2. The number of amides is 1. The molecule has 0 unspecified atom stereocenters. The third-order valence-corrected chi connectivity index (χ3v) is 6.50. The van der Waals surface area contributed by atoms with Gasteiger partial charge in [-0.15, -0.1) is 0 Å². The van der Waals surface area contributed by atoms with Crippen molar-refractivity contribution in [2.45, 2.75) is 24.2 Å². The van der Waals surface area contributed by atoms with E-state index in [2.05, 4.69) is 10.6 Å². The number of non-ortho nitro benzene ring substituents is 1. The van der Waals surface area contributed by atoms with Crippen LogP contribution in [0.2, 0.25) is 0 Å². The number of hydrogen-bond acceptors (Lipinski definition) is 6. The number of anilines is 2. The minimum absolute atomic E-state index is 0.0622. The molecule has 0 aliphatic carbocycles. The van der Waals surface area contributed by atoms with Crippen molar-refractivity contribution in [3.8, 4) is 0 Å². The largest absolute Gasteiger partial charge is 0.376 e. The molecule has 154 valence electrons. The lowest BCUT2D eigenvalue weighted by Gasteiger charge is -2.26. The summed E-state index contributed by atoms with van der Waals surface area (Å²) in [6.07, 6.45) is 2.76. The Morgan fingerprint density at radius 1 is 1.03 bits per heavy atom. The lowest BCUT2D eigenvalue weighted by molar-refractivity contribution is -0.384. The Morgan fingerprint density at radius 2 is 1.72 bits per heavy atom. The van der Waals surface area contributed by atoms with E-state index < -0.39 is 14.9 Å². The third-order valence-electron chi connectivity index (χ3n) is 4.60. The maximum absolute atomic E-state index is 12.8. The van der Waals surface area contributed by atoms with Crippen molar-refractivity contribution < 1.29 is 18.1 Å². The van der Waals surface area contributed by atoms with Crippen molar-refractivity contribution >= 4 is 33.0 Å². The average molecular weight is 418 g/mol. The van der Waals surface area contributed by atoms with Crippen LogP contribution in [0, 0.1) is 10.1 Å². The fourth-order valence-corrected chi connectivity index (χ4v) is 4.64. The van der Waals surface area contributed by atoms with E-state index in [0.717, 1.165) is 19.3 Å².